The van der Waals surface area contributed by atoms with Crippen LogP contribution in [0.25, 0.3) is 0 Å². The highest BCUT2D eigenvalue weighted by molar-refractivity contribution is 9.10. The summed E-state index contributed by atoms with van der Waals surface area (Å²) < 4.78 is 1.14. The lowest BCUT2D eigenvalue weighted by Gasteiger charge is -2.02. The molecule has 1 nitrogen and oxygen atoms in total. The molecule has 0 unspecified atom stereocenters. The smallest absolute Gasteiger partial charge is 0.0270 e. The van der Waals surface area contributed by atoms with Gasteiger partial charge in [0.15, 0.2) is 0 Å². The minimum atomic E-state index is 1.12. The molecule has 0 amide bonds. The van der Waals surface area contributed by atoms with E-state index in [1.54, 1.807) is 0 Å². The summed E-state index contributed by atoms with van der Waals surface area (Å²) in [6, 6.07) is 12.7. The van der Waals surface area contributed by atoms with Crippen molar-refractivity contribution in [3.63, 3.8) is 0 Å². The van der Waals surface area contributed by atoms with Gasteiger partial charge in [-0.3, -0.25) is 4.98 Å². The molecule has 1 aromatic heterocycles. The Bertz CT molecular complexity index is 422. The van der Waals surface area contributed by atoms with Gasteiger partial charge in [-0.25, -0.2) is 0 Å². The fraction of sp³-hybridized carbons (Fsp3) is 0.214. The van der Waals surface area contributed by atoms with Crippen LogP contribution >= 0.6 is 15.9 Å². The van der Waals surface area contributed by atoms with Crippen molar-refractivity contribution in [3.8, 4) is 0 Å². The molecule has 0 aliphatic rings. The second kappa shape index (κ2) is 5.80. The van der Waals surface area contributed by atoms with Crippen molar-refractivity contribution in [1.82, 2.24) is 4.98 Å². The molecule has 16 heavy (non-hydrogen) atoms. The molecular formula is C14H14BrN. The summed E-state index contributed by atoms with van der Waals surface area (Å²) in [5.74, 6) is 0. The van der Waals surface area contributed by atoms with Gasteiger partial charge < -0.3 is 0 Å². The number of pyridine rings is 1. The first-order valence-electron chi connectivity index (χ1n) is 5.48. The van der Waals surface area contributed by atoms with Crippen LogP contribution in [0.15, 0.2) is 53.3 Å². The lowest BCUT2D eigenvalue weighted by atomic mass is 10.1. The van der Waals surface area contributed by atoms with Gasteiger partial charge in [0, 0.05) is 16.9 Å². The molecule has 0 saturated carbocycles. The zero-order chi connectivity index (χ0) is 11.2. The van der Waals surface area contributed by atoms with Gasteiger partial charge in [0.05, 0.1) is 0 Å². The molecular weight excluding hydrogens is 262 g/mol. The van der Waals surface area contributed by atoms with Crippen LogP contribution < -0.4 is 0 Å². The van der Waals surface area contributed by atoms with Crippen LogP contribution in [-0.4, -0.2) is 4.98 Å². The first-order chi connectivity index (χ1) is 7.84. The molecule has 82 valence electrons. The highest BCUT2D eigenvalue weighted by Gasteiger charge is 1.95. The Morgan fingerprint density at radius 3 is 2.00 bits per heavy atom. The van der Waals surface area contributed by atoms with Crippen molar-refractivity contribution in [3.05, 3.63) is 64.4 Å². The molecule has 1 aromatic carbocycles. The average molecular weight is 276 g/mol. The Kier molecular flexibility index (Phi) is 4.11. The van der Waals surface area contributed by atoms with Crippen LogP contribution in [0.3, 0.4) is 0 Å². The van der Waals surface area contributed by atoms with E-state index in [0.717, 1.165) is 17.3 Å². The summed E-state index contributed by atoms with van der Waals surface area (Å²) in [5.41, 5.74) is 2.77. The molecule has 0 radical (unpaired) electrons. The van der Waals surface area contributed by atoms with Gasteiger partial charge >= 0.3 is 0 Å². The number of nitrogens with zero attached hydrogens (tertiary/aromatic N) is 1. The third kappa shape index (κ3) is 3.46. The van der Waals surface area contributed by atoms with Crippen LogP contribution in [-0.2, 0) is 12.8 Å². The van der Waals surface area contributed by atoms with Crippen LogP contribution in [0, 0.1) is 0 Å². The molecule has 0 bridgehead atoms. The molecule has 0 saturated heterocycles. The number of hydrogen-bond acceptors (Lipinski definition) is 1. The topological polar surface area (TPSA) is 12.9 Å². The lowest BCUT2D eigenvalue weighted by Crippen LogP contribution is -1.90. The lowest BCUT2D eigenvalue weighted by molar-refractivity contribution is 0.819. The minimum absolute atomic E-state index is 1.12. The van der Waals surface area contributed by atoms with Gasteiger partial charge in [-0.2, -0.15) is 0 Å². The van der Waals surface area contributed by atoms with E-state index < -0.39 is 0 Å². The average Bonchev–Trinajstić information content (AvgIpc) is 2.33. The van der Waals surface area contributed by atoms with E-state index in [4.69, 9.17) is 0 Å². The van der Waals surface area contributed by atoms with E-state index in [1.807, 2.05) is 12.4 Å². The standard InChI is InChI=1S/C14H14BrN/c15-14-6-4-12(5-7-14)2-1-3-13-8-10-16-11-9-13/h4-11H,1-3H2. The van der Waals surface area contributed by atoms with Crippen LogP contribution in [0.5, 0.6) is 0 Å². The Morgan fingerprint density at radius 2 is 1.38 bits per heavy atom. The highest BCUT2D eigenvalue weighted by atomic mass is 79.9. The fourth-order valence-electron chi connectivity index (χ4n) is 1.70. The number of aromatic nitrogens is 1. The van der Waals surface area contributed by atoms with Gasteiger partial charge in [0.1, 0.15) is 0 Å². The van der Waals surface area contributed by atoms with Crippen molar-refractivity contribution < 1.29 is 0 Å². The van der Waals surface area contributed by atoms with Gasteiger partial charge in [0.25, 0.3) is 0 Å². The van der Waals surface area contributed by atoms with Crippen molar-refractivity contribution in [2.24, 2.45) is 0 Å². The van der Waals surface area contributed by atoms with Crippen molar-refractivity contribution >= 4 is 15.9 Å². The van der Waals surface area contributed by atoms with Gasteiger partial charge in [-0.05, 0) is 54.7 Å². The predicted molar refractivity (Wildman–Crippen MR) is 70.4 cm³/mol. The van der Waals surface area contributed by atoms with Crippen molar-refractivity contribution in [2.45, 2.75) is 19.3 Å². The maximum absolute atomic E-state index is 4.02. The molecule has 1 heterocycles. The maximum Gasteiger partial charge on any atom is 0.0270 e. The van der Waals surface area contributed by atoms with Crippen LogP contribution in [0.1, 0.15) is 17.5 Å². The minimum Gasteiger partial charge on any atom is -0.265 e. The van der Waals surface area contributed by atoms with E-state index in [2.05, 4.69) is 57.3 Å². The van der Waals surface area contributed by atoms with Crippen LogP contribution in [0.4, 0.5) is 0 Å². The molecule has 0 aliphatic heterocycles. The Morgan fingerprint density at radius 1 is 0.812 bits per heavy atom. The Hall–Kier alpha value is -1.15. The number of halogens is 1. The quantitative estimate of drug-likeness (QED) is 0.822. The zero-order valence-corrected chi connectivity index (χ0v) is 10.7. The summed E-state index contributed by atoms with van der Waals surface area (Å²) in [4.78, 5) is 4.02. The second-order valence-electron chi connectivity index (χ2n) is 3.84. The van der Waals surface area contributed by atoms with Gasteiger partial charge in [-0.15, -0.1) is 0 Å². The number of hydrogen-bond donors (Lipinski definition) is 0. The molecule has 0 N–H and O–H groups in total. The zero-order valence-electron chi connectivity index (χ0n) is 9.07. The molecule has 2 rings (SSSR count). The van der Waals surface area contributed by atoms with Gasteiger partial charge in [-0.1, -0.05) is 28.1 Å². The number of benzene rings is 1. The van der Waals surface area contributed by atoms with Crippen LogP contribution in [0.2, 0.25) is 0 Å². The highest BCUT2D eigenvalue weighted by Crippen LogP contribution is 2.12. The summed E-state index contributed by atoms with van der Waals surface area (Å²) in [6.45, 7) is 0. The first-order valence-corrected chi connectivity index (χ1v) is 6.27. The van der Waals surface area contributed by atoms with E-state index in [9.17, 15) is 0 Å². The third-order valence-corrected chi connectivity index (χ3v) is 3.12. The number of rotatable bonds is 4. The summed E-state index contributed by atoms with van der Waals surface area (Å²) in [7, 11) is 0. The molecule has 0 fully saturated rings. The van der Waals surface area contributed by atoms with Crippen molar-refractivity contribution in [2.75, 3.05) is 0 Å². The van der Waals surface area contributed by atoms with E-state index in [-0.39, 0.29) is 0 Å². The summed E-state index contributed by atoms with van der Waals surface area (Å²) >= 11 is 3.44. The second-order valence-corrected chi connectivity index (χ2v) is 4.75. The molecule has 2 heteroatoms. The summed E-state index contributed by atoms with van der Waals surface area (Å²) in [6.07, 6.45) is 7.16. The monoisotopic (exact) mass is 275 g/mol. The summed E-state index contributed by atoms with van der Waals surface area (Å²) in [5, 5.41) is 0. The SMILES string of the molecule is Brc1ccc(CCCc2ccncc2)cc1. The molecule has 0 atom stereocenters. The fourth-order valence-corrected chi connectivity index (χ4v) is 1.96. The Labute approximate surface area is 105 Å². The normalized spacial score (nSPS) is 10.3. The number of aryl methyl sites for hydroxylation is 2. The first kappa shape index (κ1) is 11.3. The van der Waals surface area contributed by atoms with E-state index in [0.29, 0.717) is 0 Å². The molecule has 0 spiro atoms. The third-order valence-electron chi connectivity index (χ3n) is 2.59. The van der Waals surface area contributed by atoms with E-state index >= 15 is 0 Å². The van der Waals surface area contributed by atoms with Crippen molar-refractivity contribution in [1.29, 1.82) is 0 Å². The van der Waals surface area contributed by atoms with Gasteiger partial charge in [0.2, 0.25) is 0 Å². The molecule has 2 aromatic rings. The molecule has 0 aliphatic carbocycles. The Balaban J connectivity index is 1.82. The largest absolute Gasteiger partial charge is 0.265 e. The van der Waals surface area contributed by atoms with E-state index in [1.165, 1.54) is 17.5 Å². The predicted octanol–water partition coefficient (Wildman–Crippen LogP) is 4.02. The maximum atomic E-state index is 4.02.